The average molecular weight is 405 g/mol. The molecular weight excluding hydrogens is 392 g/mol. The Morgan fingerprint density at radius 3 is 2.58 bits per heavy atom. The molecule has 0 atom stereocenters. The zero-order valence-electron chi connectivity index (χ0n) is 12.5. The van der Waals surface area contributed by atoms with Crippen molar-refractivity contribution in [2.24, 2.45) is 0 Å². The summed E-state index contributed by atoms with van der Waals surface area (Å²) in [6, 6.07) is 17.2. The molecule has 2 aromatic carbocycles. The maximum absolute atomic E-state index is 11.8. The van der Waals surface area contributed by atoms with Gasteiger partial charge in [-0.05, 0) is 36.4 Å². The summed E-state index contributed by atoms with van der Waals surface area (Å²) in [6.07, 6.45) is 0. The molecule has 0 radical (unpaired) electrons. The van der Waals surface area contributed by atoms with Gasteiger partial charge in [0.15, 0.2) is 6.61 Å². The molecule has 5 nitrogen and oxygen atoms in total. The molecule has 0 aliphatic carbocycles. The molecule has 3 aromatic rings. The molecule has 0 amide bonds. The van der Waals surface area contributed by atoms with E-state index in [9.17, 15) is 4.79 Å². The summed E-state index contributed by atoms with van der Waals surface area (Å²) >= 11 is 4.78. The van der Waals surface area contributed by atoms with Gasteiger partial charge in [0.05, 0.1) is 5.75 Å². The number of ether oxygens (including phenoxy) is 1. The smallest absolute Gasteiger partial charge is 0.316 e. The van der Waals surface area contributed by atoms with Crippen LogP contribution in [0.25, 0.3) is 11.5 Å². The number of hydrogen-bond donors (Lipinski definition) is 0. The second kappa shape index (κ2) is 8.12. The van der Waals surface area contributed by atoms with Gasteiger partial charge in [-0.15, -0.1) is 22.0 Å². The lowest BCUT2D eigenvalue weighted by Gasteiger charge is -2.02. The fourth-order valence-electron chi connectivity index (χ4n) is 1.87. The first-order chi connectivity index (χ1) is 11.7. The van der Waals surface area contributed by atoms with Gasteiger partial charge in [-0.1, -0.05) is 34.1 Å². The predicted octanol–water partition coefficient (Wildman–Crippen LogP) is 4.33. The number of esters is 1. The molecule has 0 spiro atoms. The third-order valence-electron chi connectivity index (χ3n) is 3.01. The number of rotatable bonds is 6. The Morgan fingerprint density at radius 2 is 1.83 bits per heavy atom. The van der Waals surface area contributed by atoms with E-state index in [1.165, 1.54) is 11.8 Å². The van der Waals surface area contributed by atoms with E-state index >= 15 is 0 Å². The van der Waals surface area contributed by atoms with Crippen LogP contribution in [-0.2, 0) is 16.1 Å². The number of carbonyl (C=O) groups is 1. The van der Waals surface area contributed by atoms with E-state index in [4.69, 9.17) is 9.15 Å². The largest absolute Gasteiger partial charge is 0.455 e. The number of nitrogens with zero attached hydrogens (tertiary/aromatic N) is 2. The van der Waals surface area contributed by atoms with Gasteiger partial charge in [-0.25, -0.2) is 0 Å². The first-order valence-electron chi connectivity index (χ1n) is 7.12. The molecule has 7 heteroatoms. The molecule has 0 aliphatic rings. The highest BCUT2D eigenvalue weighted by molar-refractivity contribution is 9.10. The van der Waals surface area contributed by atoms with Gasteiger partial charge in [0.1, 0.15) is 0 Å². The van der Waals surface area contributed by atoms with Crippen LogP contribution in [0.4, 0.5) is 0 Å². The van der Waals surface area contributed by atoms with Crippen molar-refractivity contribution < 1.29 is 13.9 Å². The SMILES string of the molecule is O=C(CSc1ccc(Br)cc1)OCc1nnc(-c2ccccc2)o1. The minimum atomic E-state index is -0.331. The lowest BCUT2D eigenvalue weighted by atomic mass is 10.2. The van der Waals surface area contributed by atoms with Crippen molar-refractivity contribution >= 4 is 33.7 Å². The Bertz CT molecular complexity index is 806. The standard InChI is InChI=1S/C17H13BrN2O3S/c18-13-6-8-14(9-7-13)24-11-16(21)22-10-15-19-20-17(23-15)12-4-2-1-3-5-12/h1-9H,10-11H2. The van der Waals surface area contributed by atoms with Crippen molar-refractivity contribution in [2.75, 3.05) is 5.75 Å². The second-order valence-electron chi connectivity index (χ2n) is 4.77. The van der Waals surface area contributed by atoms with Crippen LogP contribution >= 0.6 is 27.7 Å². The Balaban J connectivity index is 1.48. The molecule has 0 saturated carbocycles. The van der Waals surface area contributed by atoms with Crippen molar-refractivity contribution in [3.8, 4) is 11.5 Å². The summed E-state index contributed by atoms with van der Waals surface area (Å²) in [5.74, 6) is 0.575. The molecule has 0 unspecified atom stereocenters. The van der Waals surface area contributed by atoms with E-state index in [-0.39, 0.29) is 24.2 Å². The minimum absolute atomic E-state index is 0.0282. The van der Waals surface area contributed by atoms with Gasteiger partial charge < -0.3 is 9.15 Å². The molecule has 1 aromatic heterocycles. The van der Waals surface area contributed by atoms with E-state index < -0.39 is 0 Å². The van der Waals surface area contributed by atoms with E-state index in [1.807, 2.05) is 54.6 Å². The summed E-state index contributed by atoms with van der Waals surface area (Å²) in [4.78, 5) is 12.8. The highest BCUT2D eigenvalue weighted by Gasteiger charge is 2.11. The van der Waals surface area contributed by atoms with Gasteiger partial charge in [0.2, 0.25) is 5.89 Å². The average Bonchev–Trinajstić information content (AvgIpc) is 3.09. The Morgan fingerprint density at radius 1 is 1.08 bits per heavy atom. The van der Waals surface area contributed by atoms with Crippen LogP contribution in [0.1, 0.15) is 5.89 Å². The Hall–Kier alpha value is -2.12. The normalized spacial score (nSPS) is 10.5. The Labute approximate surface area is 151 Å². The first kappa shape index (κ1) is 16.7. The number of hydrogen-bond acceptors (Lipinski definition) is 6. The summed E-state index contributed by atoms with van der Waals surface area (Å²) in [5, 5.41) is 7.84. The molecular formula is C17H13BrN2O3S. The van der Waals surface area contributed by atoms with Gasteiger partial charge in [-0.2, -0.15) is 0 Å². The summed E-state index contributed by atoms with van der Waals surface area (Å²) in [5.41, 5.74) is 0.827. The fourth-order valence-corrected chi connectivity index (χ4v) is 2.83. The third-order valence-corrected chi connectivity index (χ3v) is 4.53. The molecule has 0 saturated heterocycles. The summed E-state index contributed by atoms with van der Waals surface area (Å²) < 4.78 is 11.6. The maximum Gasteiger partial charge on any atom is 0.316 e. The molecule has 0 N–H and O–H groups in total. The van der Waals surface area contributed by atoms with E-state index in [1.54, 1.807) is 0 Å². The lowest BCUT2D eigenvalue weighted by Crippen LogP contribution is -2.07. The van der Waals surface area contributed by atoms with Crippen molar-refractivity contribution in [1.82, 2.24) is 10.2 Å². The number of benzene rings is 2. The lowest BCUT2D eigenvalue weighted by molar-refractivity contribution is -0.142. The molecule has 122 valence electrons. The maximum atomic E-state index is 11.8. The quantitative estimate of drug-likeness (QED) is 0.449. The highest BCUT2D eigenvalue weighted by atomic mass is 79.9. The second-order valence-corrected chi connectivity index (χ2v) is 6.73. The van der Waals surface area contributed by atoms with Gasteiger partial charge in [0.25, 0.3) is 5.89 Å². The molecule has 0 aliphatic heterocycles. The van der Waals surface area contributed by atoms with Crippen LogP contribution < -0.4 is 0 Å². The number of aromatic nitrogens is 2. The van der Waals surface area contributed by atoms with E-state index in [2.05, 4.69) is 26.1 Å². The van der Waals surface area contributed by atoms with Crippen molar-refractivity contribution in [3.63, 3.8) is 0 Å². The van der Waals surface area contributed by atoms with Crippen molar-refractivity contribution in [2.45, 2.75) is 11.5 Å². The molecule has 3 rings (SSSR count). The van der Waals surface area contributed by atoms with Crippen LogP contribution in [-0.4, -0.2) is 21.9 Å². The van der Waals surface area contributed by atoms with Gasteiger partial charge in [-0.3, -0.25) is 4.79 Å². The highest BCUT2D eigenvalue weighted by Crippen LogP contribution is 2.21. The fraction of sp³-hybridized carbons (Fsp3) is 0.118. The van der Waals surface area contributed by atoms with Gasteiger partial charge >= 0.3 is 5.97 Å². The first-order valence-corrected chi connectivity index (χ1v) is 8.90. The number of thioether (sulfide) groups is 1. The van der Waals surface area contributed by atoms with Crippen molar-refractivity contribution in [1.29, 1.82) is 0 Å². The topological polar surface area (TPSA) is 65.2 Å². The molecule has 0 fully saturated rings. The summed E-state index contributed by atoms with van der Waals surface area (Å²) in [7, 11) is 0. The van der Waals surface area contributed by atoms with Crippen LogP contribution in [0.3, 0.4) is 0 Å². The Kier molecular flexibility index (Phi) is 5.66. The van der Waals surface area contributed by atoms with Crippen LogP contribution in [0, 0.1) is 0 Å². The number of halogens is 1. The zero-order valence-corrected chi connectivity index (χ0v) is 14.9. The predicted molar refractivity (Wildman–Crippen MR) is 94.4 cm³/mol. The molecule has 24 heavy (non-hydrogen) atoms. The monoisotopic (exact) mass is 404 g/mol. The number of carbonyl (C=O) groups excluding carboxylic acids is 1. The van der Waals surface area contributed by atoms with E-state index in [0.29, 0.717) is 5.89 Å². The molecule has 0 bridgehead atoms. The minimum Gasteiger partial charge on any atom is -0.455 e. The zero-order chi connectivity index (χ0) is 16.8. The van der Waals surface area contributed by atoms with E-state index in [0.717, 1.165) is 14.9 Å². The van der Waals surface area contributed by atoms with Crippen LogP contribution in [0.2, 0.25) is 0 Å². The summed E-state index contributed by atoms with van der Waals surface area (Å²) in [6.45, 7) is -0.0282. The van der Waals surface area contributed by atoms with Gasteiger partial charge in [0, 0.05) is 14.9 Å². The van der Waals surface area contributed by atoms with Crippen LogP contribution in [0.15, 0.2) is 68.4 Å². The van der Waals surface area contributed by atoms with Crippen molar-refractivity contribution in [3.05, 3.63) is 65.0 Å². The molecule has 1 heterocycles. The third kappa shape index (κ3) is 4.69. The van der Waals surface area contributed by atoms with Crippen LogP contribution in [0.5, 0.6) is 0 Å².